The second-order valence-electron chi connectivity index (χ2n) is 7.32. The topological polar surface area (TPSA) is 58.1 Å². The molecule has 2 amide bonds. The fraction of sp³-hybridized carbons (Fsp3) is 0.227. The van der Waals surface area contributed by atoms with Gasteiger partial charge < -0.3 is 10.2 Å². The van der Waals surface area contributed by atoms with Crippen molar-refractivity contribution in [1.82, 2.24) is 14.9 Å². The highest BCUT2D eigenvalue weighted by Crippen LogP contribution is 2.53. The zero-order chi connectivity index (χ0) is 19.3. The number of carbonyl (C=O) groups excluding carboxylic acids is 1. The van der Waals surface area contributed by atoms with E-state index in [1.165, 1.54) is 6.20 Å². The van der Waals surface area contributed by atoms with Gasteiger partial charge in [0, 0.05) is 34.8 Å². The van der Waals surface area contributed by atoms with Gasteiger partial charge in [0.2, 0.25) is 0 Å². The first-order valence-electron chi connectivity index (χ1n) is 9.38. The molecule has 1 saturated heterocycles. The number of nitrogens with zero attached hydrogens (tertiary/aromatic N) is 3. The van der Waals surface area contributed by atoms with Crippen LogP contribution in [0.5, 0.6) is 0 Å². The summed E-state index contributed by atoms with van der Waals surface area (Å²) in [5.41, 5.74) is 5.08. The second kappa shape index (κ2) is 6.41. The average molecular weight is 374 g/mol. The molecule has 5 nitrogen and oxygen atoms in total. The summed E-state index contributed by atoms with van der Waals surface area (Å²) in [6, 6.07) is 11.0. The van der Waals surface area contributed by atoms with Crippen molar-refractivity contribution in [3.8, 4) is 11.3 Å². The Kier molecular flexibility index (Phi) is 3.86. The molecule has 2 aromatic heterocycles. The van der Waals surface area contributed by atoms with Crippen molar-refractivity contribution in [3.63, 3.8) is 0 Å². The number of hydrogen-bond donors (Lipinski definition) is 1. The number of rotatable bonds is 2. The smallest absolute Gasteiger partial charge is 0.310 e. The third kappa shape index (κ3) is 2.56. The lowest BCUT2D eigenvalue weighted by Crippen LogP contribution is -2.32. The summed E-state index contributed by atoms with van der Waals surface area (Å²) < 4.78 is 14.3. The maximum absolute atomic E-state index is 14.3. The van der Waals surface area contributed by atoms with Crippen LogP contribution in [0.25, 0.3) is 11.3 Å². The van der Waals surface area contributed by atoms with E-state index < -0.39 is 0 Å². The van der Waals surface area contributed by atoms with Crippen LogP contribution < -0.4 is 5.32 Å². The molecule has 2 aliphatic heterocycles. The van der Waals surface area contributed by atoms with E-state index >= 15 is 0 Å². The first-order valence-corrected chi connectivity index (χ1v) is 9.38. The summed E-state index contributed by atoms with van der Waals surface area (Å²) in [6.45, 7) is 2.02. The van der Waals surface area contributed by atoms with Crippen LogP contribution in [-0.4, -0.2) is 20.9 Å². The highest BCUT2D eigenvalue weighted by Gasteiger charge is 2.48. The summed E-state index contributed by atoms with van der Waals surface area (Å²) in [7, 11) is 0. The largest absolute Gasteiger partial charge is 0.322 e. The van der Waals surface area contributed by atoms with Crippen molar-refractivity contribution in [2.24, 2.45) is 0 Å². The van der Waals surface area contributed by atoms with Gasteiger partial charge in [-0.1, -0.05) is 12.1 Å². The van der Waals surface area contributed by atoms with Gasteiger partial charge in [-0.2, -0.15) is 0 Å². The highest BCUT2D eigenvalue weighted by atomic mass is 19.1. The lowest BCUT2D eigenvalue weighted by atomic mass is 9.93. The van der Waals surface area contributed by atoms with Crippen molar-refractivity contribution >= 4 is 11.7 Å². The minimum Gasteiger partial charge on any atom is -0.310 e. The third-order valence-corrected chi connectivity index (χ3v) is 5.71. The van der Waals surface area contributed by atoms with Gasteiger partial charge in [-0.05, 0) is 49.6 Å². The standard InChI is InChI=1S/C22H19FN4O/c1-13-5-6-14(10-15(13)18-4-2-3-9-25-18)26-22(28)27-19-7-8-20(27)21-16(19)11-24-12-17(21)23/h2-6,9-12,19-20H,7-8H2,1H3,(H,26,28)/t19-,20+/m0/s1. The molecule has 5 rings (SSSR count). The second-order valence-corrected chi connectivity index (χ2v) is 7.32. The zero-order valence-electron chi connectivity index (χ0n) is 15.4. The van der Waals surface area contributed by atoms with Gasteiger partial charge in [-0.15, -0.1) is 0 Å². The molecule has 3 aromatic rings. The molecule has 2 aliphatic rings. The molecule has 28 heavy (non-hydrogen) atoms. The predicted octanol–water partition coefficient (Wildman–Crippen LogP) is 5.01. The summed E-state index contributed by atoms with van der Waals surface area (Å²) in [4.78, 5) is 23.2. The zero-order valence-corrected chi connectivity index (χ0v) is 15.4. The molecule has 0 saturated carbocycles. The van der Waals surface area contributed by atoms with Crippen LogP contribution >= 0.6 is 0 Å². The van der Waals surface area contributed by atoms with Gasteiger partial charge in [0.15, 0.2) is 0 Å². The Morgan fingerprint density at radius 1 is 1.18 bits per heavy atom. The number of urea groups is 1. The van der Waals surface area contributed by atoms with Crippen LogP contribution in [0.15, 0.2) is 55.0 Å². The van der Waals surface area contributed by atoms with E-state index in [1.54, 1.807) is 17.3 Å². The molecule has 140 valence electrons. The molecule has 1 aromatic carbocycles. The quantitative estimate of drug-likeness (QED) is 0.686. The average Bonchev–Trinajstić information content (AvgIpc) is 3.28. The van der Waals surface area contributed by atoms with Gasteiger partial charge in [0.1, 0.15) is 5.82 Å². The van der Waals surface area contributed by atoms with Crippen molar-refractivity contribution in [2.75, 3.05) is 5.32 Å². The number of pyridine rings is 2. The van der Waals surface area contributed by atoms with E-state index in [0.717, 1.165) is 35.2 Å². The van der Waals surface area contributed by atoms with Crippen molar-refractivity contribution in [2.45, 2.75) is 31.8 Å². The Bertz CT molecular complexity index is 1070. The van der Waals surface area contributed by atoms with Crippen LogP contribution in [0.4, 0.5) is 14.9 Å². The Morgan fingerprint density at radius 2 is 2.04 bits per heavy atom. The maximum Gasteiger partial charge on any atom is 0.322 e. The number of hydrogen-bond acceptors (Lipinski definition) is 3. The Hall–Kier alpha value is -3.28. The first kappa shape index (κ1) is 16.9. The normalized spacial score (nSPS) is 19.6. The van der Waals surface area contributed by atoms with Gasteiger partial charge in [0.05, 0.1) is 24.0 Å². The molecule has 2 atom stereocenters. The molecule has 0 radical (unpaired) electrons. The SMILES string of the molecule is Cc1ccc(NC(=O)N2[C@@H]3CC[C@H]2c2cncc(F)c23)cc1-c1ccccn1. The van der Waals surface area contributed by atoms with Gasteiger partial charge in [0.25, 0.3) is 0 Å². The molecule has 0 unspecified atom stereocenters. The summed E-state index contributed by atoms with van der Waals surface area (Å²) in [5, 5.41) is 2.99. The molecule has 1 N–H and O–H groups in total. The number of halogens is 1. The van der Waals surface area contributed by atoms with Gasteiger partial charge in [-0.3, -0.25) is 9.97 Å². The van der Waals surface area contributed by atoms with Gasteiger partial charge in [-0.25, -0.2) is 9.18 Å². The number of fused-ring (bicyclic) bond motifs is 5. The van der Waals surface area contributed by atoms with Crippen LogP contribution in [0.3, 0.4) is 0 Å². The number of amides is 2. The van der Waals surface area contributed by atoms with E-state index in [9.17, 15) is 9.18 Å². The number of carbonyl (C=O) groups is 1. The molecule has 1 fully saturated rings. The Morgan fingerprint density at radius 3 is 2.82 bits per heavy atom. The van der Waals surface area contributed by atoms with E-state index in [2.05, 4.69) is 15.3 Å². The van der Waals surface area contributed by atoms with Crippen LogP contribution in [0.2, 0.25) is 0 Å². The first-order chi connectivity index (χ1) is 13.6. The lowest BCUT2D eigenvalue weighted by Gasteiger charge is -2.23. The van der Waals surface area contributed by atoms with E-state index in [1.807, 2.05) is 43.3 Å². The maximum atomic E-state index is 14.3. The fourth-order valence-corrected chi connectivity index (χ4v) is 4.45. The summed E-state index contributed by atoms with van der Waals surface area (Å²) >= 11 is 0. The van der Waals surface area contributed by atoms with Crippen LogP contribution in [-0.2, 0) is 0 Å². The third-order valence-electron chi connectivity index (χ3n) is 5.71. The molecular formula is C22H19FN4O. The monoisotopic (exact) mass is 374 g/mol. The predicted molar refractivity (Wildman–Crippen MR) is 104 cm³/mol. The van der Waals surface area contributed by atoms with Crippen molar-refractivity contribution in [3.05, 3.63) is 77.5 Å². The molecule has 0 spiro atoms. The number of aromatic nitrogens is 2. The molecular weight excluding hydrogens is 355 g/mol. The van der Waals surface area contributed by atoms with E-state index in [4.69, 9.17) is 0 Å². The minimum atomic E-state index is -0.324. The Labute approximate surface area is 162 Å². The minimum absolute atomic E-state index is 0.107. The molecule has 4 heterocycles. The van der Waals surface area contributed by atoms with E-state index in [-0.39, 0.29) is 23.9 Å². The van der Waals surface area contributed by atoms with Gasteiger partial charge >= 0.3 is 6.03 Å². The van der Waals surface area contributed by atoms with Crippen molar-refractivity contribution < 1.29 is 9.18 Å². The van der Waals surface area contributed by atoms with Crippen LogP contribution in [0, 0.1) is 12.7 Å². The Balaban J connectivity index is 1.43. The van der Waals surface area contributed by atoms with Crippen molar-refractivity contribution in [1.29, 1.82) is 0 Å². The van der Waals surface area contributed by atoms with E-state index in [0.29, 0.717) is 11.3 Å². The number of benzene rings is 1. The lowest BCUT2D eigenvalue weighted by molar-refractivity contribution is 0.196. The molecule has 0 aliphatic carbocycles. The highest BCUT2D eigenvalue weighted by molar-refractivity contribution is 5.91. The number of anilines is 1. The molecule has 6 heteroatoms. The number of nitrogens with one attached hydrogen (secondary N) is 1. The summed E-state index contributed by atoms with van der Waals surface area (Å²) in [5.74, 6) is -0.324. The summed E-state index contributed by atoms with van der Waals surface area (Å²) in [6.07, 6.45) is 6.28. The van der Waals surface area contributed by atoms with Crippen LogP contribution in [0.1, 0.15) is 41.6 Å². The fourth-order valence-electron chi connectivity index (χ4n) is 4.45. The molecule has 2 bridgehead atoms. The number of aryl methyl sites for hydroxylation is 1.